The van der Waals surface area contributed by atoms with Crippen LogP contribution in [0.5, 0.6) is 0 Å². The van der Waals surface area contributed by atoms with Gasteiger partial charge in [-0.2, -0.15) is 10.2 Å². The molecule has 2 bridgehead atoms. The Bertz CT molecular complexity index is 803. The SMILES string of the molecule is CN1CCN(c2ccc3c(c2)[C@H]2CC3CCN2N(O)c2ccccc2)CC1. The van der Waals surface area contributed by atoms with Crippen molar-refractivity contribution in [2.24, 2.45) is 0 Å². The molecule has 5 rings (SSSR count). The van der Waals surface area contributed by atoms with E-state index in [0.29, 0.717) is 5.92 Å². The molecule has 3 aliphatic rings. The lowest BCUT2D eigenvalue weighted by Crippen LogP contribution is -2.45. The Morgan fingerprint density at radius 2 is 1.70 bits per heavy atom. The molecule has 2 aromatic carbocycles. The van der Waals surface area contributed by atoms with Gasteiger partial charge in [0.1, 0.15) is 0 Å². The van der Waals surface area contributed by atoms with Gasteiger partial charge in [0.2, 0.25) is 0 Å². The van der Waals surface area contributed by atoms with Crippen molar-refractivity contribution in [2.75, 3.05) is 49.8 Å². The van der Waals surface area contributed by atoms with E-state index in [1.807, 2.05) is 30.3 Å². The number of anilines is 2. The molecule has 0 amide bonds. The van der Waals surface area contributed by atoms with Gasteiger partial charge in [-0.25, -0.2) is 0 Å². The molecule has 2 heterocycles. The second-order valence-electron chi connectivity index (χ2n) is 8.13. The highest BCUT2D eigenvalue weighted by molar-refractivity contribution is 5.55. The summed E-state index contributed by atoms with van der Waals surface area (Å²) < 4.78 is 0. The Morgan fingerprint density at radius 3 is 2.48 bits per heavy atom. The number of hydrazine groups is 1. The molecule has 2 saturated heterocycles. The molecule has 1 unspecified atom stereocenters. The van der Waals surface area contributed by atoms with Crippen molar-refractivity contribution in [3.63, 3.8) is 0 Å². The first-order chi connectivity index (χ1) is 13.2. The highest BCUT2D eigenvalue weighted by Gasteiger charge is 2.41. The molecule has 0 spiro atoms. The number of nitrogens with zero attached hydrogens (tertiary/aromatic N) is 4. The molecule has 2 atom stereocenters. The molecule has 5 nitrogen and oxygen atoms in total. The van der Waals surface area contributed by atoms with Gasteiger partial charge in [-0.05, 0) is 61.2 Å². The topological polar surface area (TPSA) is 33.2 Å². The Labute approximate surface area is 161 Å². The molecule has 142 valence electrons. The van der Waals surface area contributed by atoms with Gasteiger partial charge in [0.05, 0.1) is 11.7 Å². The quantitative estimate of drug-likeness (QED) is 0.843. The fraction of sp³-hybridized carbons (Fsp3) is 0.455. The molecule has 2 aromatic rings. The van der Waals surface area contributed by atoms with Gasteiger partial charge in [0.15, 0.2) is 0 Å². The Kier molecular flexibility index (Phi) is 4.31. The predicted molar refractivity (Wildman–Crippen MR) is 108 cm³/mol. The third kappa shape index (κ3) is 3.00. The lowest BCUT2D eigenvalue weighted by Gasteiger charge is -2.39. The van der Waals surface area contributed by atoms with E-state index in [2.05, 4.69) is 40.1 Å². The normalized spacial score (nSPS) is 25.5. The smallest absolute Gasteiger partial charge is 0.0823 e. The lowest BCUT2D eigenvalue weighted by molar-refractivity contribution is 0.0123. The maximum atomic E-state index is 10.9. The number of piperidine rings is 1. The van der Waals surface area contributed by atoms with Crippen LogP contribution in [0, 0.1) is 0 Å². The van der Waals surface area contributed by atoms with Gasteiger partial charge in [0, 0.05) is 38.4 Å². The van der Waals surface area contributed by atoms with Crippen LogP contribution in [0.2, 0.25) is 0 Å². The van der Waals surface area contributed by atoms with Crippen molar-refractivity contribution in [3.8, 4) is 0 Å². The maximum absolute atomic E-state index is 10.9. The molecule has 1 N–H and O–H groups in total. The van der Waals surface area contributed by atoms with Crippen LogP contribution in [0.15, 0.2) is 48.5 Å². The summed E-state index contributed by atoms with van der Waals surface area (Å²) >= 11 is 0. The summed E-state index contributed by atoms with van der Waals surface area (Å²) in [6.45, 7) is 5.30. The summed E-state index contributed by atoms with van der Waals surface area (Å²) in [6, 6.07) is 17.2. The first-order valence-corrected chi connectivity index (χ1v) is 10.1. The van der Waals surface area contributed by atoms with E-state index >= 15 is 0 Å². The van der Waals surface area contributed by atoms with Gasteiger partial charge in [-0.15, -0.1) is 0 Å². The summed E-state index contributed by atoms with van der Waals surface area (Å²) in [7, 11) is 2.19. The van der Waals surface area contributed by atoms with Crippen LogP contribution < -0.4 is 10.1 Å². The molecule has 0 aromatic heterocycles. The molecule has 0 saturated carbocycles. The molecular weight excluding hydrogens is 336 g/mol. The first kappa shape index (κ1) is 17.0. The lowest BCUT2D eigenvalue weighted by atomic mass is 9.96. The number of benzene rings is 2. The van der Waals surface area contributed by atoms with E-state index < -0.39 is 0 Å². The second-order valence-corrected chi connectivity index (χ2v) is 8.13. The summed E-state index contributed by atoms with van der Waals surface area (Å²) in [6.07, 6.45) is 2.20. The minimum Gasteiger partial charge on any atom is -0.369 e. The first-order valence-electron chi connectivity index (χ1n) is 10.1. The Morgan fingerprint density at radius 1 is 0.926 bits per heavy atom. The highest BCUT2D eigenvalue weighted by atomic mass is 16.5. The monoisotopic (exact) mass is 364 g/mol. The number of rotatable bonds is 3. The van der Waals surface area contributed by atoms with Crippen molar-refractivity contribution in [3.05, 3.63) is 59.7 Å². The molecule has 27 heavy (non-hydrogen) atoms. The zero-order valence-corrected chi connectivity index (χ0v) is 16.0. The zero-order valence-electron chi connectivity index (χ0n) is 16.0. The minimum atomic E-state index is 0.261. The summed E-state index contributed by atoms with van der Waals surface area (Å²) in [5.41, 5.74) is 5.06. The van der Waals surface area contributed by atoms with Crippen molar-refractivity contribution in [1.29, 1.82) is 0 Å². The highest BCUT2D eigenvalue weighted by Crippen LogP contribution is 2.50. The van der Waals surface area contributed by atoms with Gasteiger partial charge in [-0.3, -0.25) is 5.21 Å². The molecule has 2 fully saturated rings. The Balaban J connectivity index is 1.43. The second kappa shape index (κ2) is 6.82. The van der Waals surface area contributed by atoms with Gasteiger partial charge in [-0.1, -0.05) is 24.3 Å². The van der Waals surface area contributed by atoms with E-state index in [-0.39, 0.29) is 6.04 Å². The molecule has 0 radical (unpaired) electrons. The van der Waals surface area contributed by atoms with Crippen molar-refractivity contribution >= 4 is 11.4 Å². The van der Waals surface area contributed by atoms with Crippen molar-refractivity contribution < 1.29 is 5.21 Å². The molecule has 5 heteroatoms. The number of likely N-dealkylation sites (N-methyl/N-ethyl adjacent to an activating group) is 1. The van der Waals surface area contributed by atoms with E-state index in [0.717, 1.165) is 51.3 Å². The van der Waals surface area contributed by atoms with Crippen LogP contribution in [-0.4, -0.2) is 54.9 Å². The van der Waals surface area contributed by atoms with Gasteiger partial charge in [0.25, 0.3) is 0 Å². The molecule has 1 aliphatic carbocycles. The number of fused-ring (bicyclic) bond motifs is 5. The number of para-hydroxylation sites is 1. The van der Waals surface area contributed by atoms with Gasteiger partial charge >= 0.3 is 0 Å². The summed E-state index contributed by atoms with van der Waals surface area (Å²) in [5, 5.41) is 14.4. The van der Waals surface area contributed by atoms with Crippen LogP contribution in [0.4, 0.5) is 11.4 Å². The summed E-state index contributed by atoms with van der Waals surface area (Å²) in [4.78, 5) is 4.89. The average molecular weight is 364 g/mol. The molecular formula is C22H28N4O. The maximum Gasteiger partial charge on any atom is 0.0823 e. The van der Waals surface area contributed by atoms with Crippen molar-refractivity contribution in [2.45, 2.75) is 24.8 Å². The zero-order chi connectivity index (χ0) is 18.4. The van der Waals surface area contributed by atoms with Crippen molar-refractivity contribution in [1.82, 2.24) is 9.91 Å². The van der Waals surface area contributed by atoms with Crippen LogP contribution in [0.3, 0.4) is 0 Å². The average Bonchev–Trinajstić information content (AvgIpc) is 3.00. The van der Waals surface area contributed by atoms with Gasteiger partial charge < -0.3 is 9.80 Å². The van der Waals surface area contributed by atoms with E-state index in [9.17, 15) is 5.21 Å². The fourth-order valence-corrected chi connectivity index (χ4v) is 4.94. The third-order valence-corrected chi connectivity index (χ3v) is 6.54. The third-order valence-electron chi connectivity index (χ3n) is 6.54. The van der Waals surface area contributed by atoms with Crippen LogP contribution in [0.1, 0.15) is 35.9 Å². The standard InChI is InChI=1S/C22H28N4O/c1-23-11-13-24(14-12-23)19-7-8-20-17-9-10-25(22(15-17)21(20)16-19)26(27)18-5-3-2-4-6-18/h2-8,16-17,22,27H,9-15H2,1H3/t17?,22-/m1/s1. The van der Waals surface area contributed by atoms with Crippen LogP contribution in [-0.2, 0) is 0 Å². The fourth-order valence-electron chi connectivity index (χ4n) is 4.94. The van der Waals surface area contributed by atoms with E-state index in [1.165, 1.54) is 22.0 Å². The largest absolute Gasteiger partial charge is 0.369 e. The molecule has 2 aliphatic heterocycles. The number of hydrogen-bond acceptors (Lipinski definition) is 5. The minimum absolute atomic E-state index is 0.261. The summed E-state index contributed by atoms with van der Waals surface area (Å²) in [5.74, 6) is 0.631. The Hall–Kier alpha value is -2.08. The van der Waals surface area contributed by atoms with E-state index in [4.69, 9.17) is 0 Å². The number of hydrogen-bond donors (Lipinski definition) is 1. The number of piperazine rings is 1. The van der Waals surface area contributed by atoms with E-state index in [1.54, 1.807) is 0 Å². The van der Waals surface area contributed by atoms with Crippen LogP contribution in [0.25, 0.3) is 0 Å². The van der Waals surface area contributed by atoms with Crippen LogP contribution >= 0.6 is 0 Å². The predicted octanol–water partition coefficient (Wildman–Crippen LogP) is 3.48.